The Kier molecular flexibility index (Phi) is 3.77. The number of furan rings is 1. The van der Waals surface area contributed by atoms with Crippen LogP contribution in [0.1, 0.15) is 0 Å². The predicted molar refractivity (Wildman–Crippen MR) is 98.6 cm³/mol. The van der Waals surface area contributed by atoms with E-state index in [1.807, 2.05) is 0 Å². The van der Waals surface area contributed by atoms with E-state index < -0.39 is 11.8 Å². The maximum atomic E-state index is 13.5. The first kappa shape index (κ1) is 16.4. The first-order chi connectivity index (χ1) is 12.5. The van der Waals surface area contributed by atoms with Crippen LogP contribution in [0.3, 0.4) is 0 Å². The summed E-state index contributed by atoms with van der Waals surface area (Å²) in [5.41, 5.74) is 15.2. The van der Waals surface area contributed by atoms with Gasteiger partial charge in [-0.1, -0.05) is 23.7 Å². The van der Waals surface area contributed by atoms with Crippen LogP contribution in [0.25, 0.3) is 33.2 Å². The van der Waals surface area contributed by atoms with Gasteiger partial charge in [0.1, 0.15) is 17.1 Å². The van der Waals surface area contributed by atoms with Gasteiger partial charge >= 0.3 is 0 Å². The largest absolute Gasteiger partial charge is 0.438 e. The Morgan fingerprint density at radius 2 is 1.65 bits per heavy atom. The van der Waals surface area contributed by atoms with E-state index >= 15 is 0 Å². The van der Waals surface area contributed by atoms with Crippen molar-refractivity contribution >= 4 is 34.1 Å². The molecule has 2 aromatic carbocycles. The van der Waals surface area contributed by atoms with E-state index in [1.165, 1.54) is 24.4 Å². The van der Waals surface area contributed by atoms with Crippen LogP contribution in [0.15, 0.2) is 53.1 Å². The zero-order chi connectivity index (χ0) is 18.4. The SMILES string of the molecule is Nc1oc2c(-c3ccnc(F)c3)ccc(-c3ccc(F)c(Cl)c3)c2c1N. The van der Waals surface area contributed by atoms with Crippen LogP contribution < -0.4 is 11.5 Å². The first-order valence-electron chi connectivity index (χ1n) is 7.63. The second-order valence-electron chi connectivity index (χ2n) is 5.74. The number of fused-ring (bicyclic) bond motifs is 1. The molecular formula is C19H12ClF2N3O. The molecule has 0 atom stereocenters. The number of nitrogens with zero attached hydrogens (tertiary/aromatic N) is 1. The summed E-state index contributed by atoms with van der Waals surface area (Å²) in [6.45, 7) is 0. The number of anilines is 2. The van der Waals surface area contributed by atoms with E-state index in [4.69, 9.17) is 27.5 Å². The lowest BCUT2D eigenvalue weighted by atomic mass is 9.96. The van der Waals surface area contributed by atoms with E-state index in [9.17, 15) is 8.78 Å². The molecule has 0 saturated carbocycles. The van der Waals surface area contributed by atoms with Gasteiger partial charge in [0.25, 0.3) is 0 Å². The van der Waals surface area contributed by atoms with Crippen LogP contribution >= 0.6 is 11.6 Å². The molecule has 0 spiro atoms. The van der Waals surface area contributed by atoms with Crippen molar-refractivity contribution in [3.05, 3.63) is 65.4 Å². The van der Waals surface area contributed by atoms with Gasteiger partial charge in [0.05, 0.1) is 10.4 Å². The van der Waals surface area contributed by atoms with Crippen LogP contribution in [0.2, 0.25) is 5.02 Å². The van der Waals surface area contributed by atoms with Gasteiger partial charge in [-0.05, 0) is 41.0 Å². The maximum absolute atomic E-state index is 13.5. The fraction of sp³-hybridized carbons (Fsp3) is 0. The van der Waals surface area contributed by atoms with Crippen LogP contribution in [0.4, 0.5) is 20.4 Å². The molecule has 0 fully saturated rings. The molecule has 0 amide bonds. The molecule has 2 heterocycles. The van der Waals surface area contributed by atoms with Crippen LogP contribution in [0.5, 0.6) is 0 Å². The summed E-state index contributed by atoms with van der Waals surface area (Å²) < 4.78 is 32.7. The molecule has 0 bridgehead atoms. The number of hydrogen-bond acceptors (Lipinski definition) is 4. The number of halogens is 3. The molecule has 0 saturated heterocycles. The Labute approximate surface area is 152 Å². The highest BCUT2D eigenvalue weighted by atomic mass is 35.5. The topological polar surface area (TPSA) is 78.1 Å². The molecule has 4 nitrogen and oxygen atoms in total. The molecule has 7 heteroatoms. The zero-order valence-electron chi connectivity index (χ0n) is 13.3. The summed E-state index contributed by atoms with van der Waals surface area (Å²) in [4.78, 5) is 3.55. The summed E-state index contributed by atoms with van der Waals surface area (Å²) in [5, 5.41) is 0.547. The predicted octanol–water partition coefficient (Wildman–Crippen LogP) is 5.26. The molecule has 4 N–H and O–H groups in total. The lowest BCUT2D eigenvalue weighted by Gasteiger charge is -2.09. The van der Waals surface area contributed by atoms with Crippen molar-refractivity contribution in [3.63, 3.8) is 0 Å². The minimum atomic E-state index is -0.613. The van der Waals surface area contributed by atoms with Crippen molar-refractivity contribution in [1.82, 2.24) is 4.98 Å². The molecule has 26 heavy (non-hydrogen) atoms. The third kappa shape index (κ3) is 2.55. The van der Waals surface area contributed by atoms with Crippen molar-refractivity contribution in [2.24, 2.45) is 0 Å². The van der Waals surface area contributed by atoms with Crippen molar-refractivity contribution in [2.45, 2.75) is 0 Å². The lowest BCUT2D eigenvalue weighted by molar-refractivity contribution is 0.584. The first-order valence-corrected chi connectivity index (χ1v) is 8.01. The minimum absolute atomic E-state index is 0.00836. The van der Waals surface area contributed by atoms with Gasteiger partial charge < -0.3 is 15.9 Å². The van der Waals surface area contributed by atoms with E-state index in [1.54, 1.807) is 24.3 Å². The van der Waals surface area contributed by atoms with E-state index in [0.717, 1.165) is 0 Å². The normalized spacial score (nSPS) is 11.2. The van der Waals surface area contributed by atoms with Crippen molar-refractivity contribution in [3.8, 4) is 22.3 Å². The Bertz CT molecular complexity index is 1160. The average Bonchev–Trinajstić information content (AvgIpc) is 2.92. The zero-order valence-corrected chi connectivity index (χ0v) is 14.0. The molecule has 4 rings (SSSR count). The number of nitrogen functional groups attached to an aromatic ring is 2. The van der Waals surface area contributed by atoms with Crippen LogP contribution in [-0.4, -0.2) is 4.98 Å². The third-order valence-electron chi connectivity index (χ3n) is 4.17. The van der Waals surface area contributed by atoms with Gasteiger partial charge in [-0.2, -0.15) is 4.39 Å². The monoisotopic (exact) mass is 371 g/mol. The van der Waals surface area contributed by atoms with Crippen LogP contribution in [0, 0.1) is 11.8 Å². The fourth-order valence-electron chi connectivity index (χ4n) is 2.95. The Morgan fingerprint density at radius 1 is 0.923 bits per heavy atom. The molecule has 0 aliphatic carbocycles. The molecule has 0 unspecified atom stereocenters. The number of benzene rings is 2. The lowest BCUT2D eigenvalue weighted by Crippen LogP contribution is -1.91. The average molecular weight is 372 g/mol. The summed E-state index contributed by atoms with van der Waals surface area (Å²) in [6, 6.07) is 10.8. The number of rotatable bonds is 2. The number of aromatic nitrogens is 1. The number of pyridine rings is 1. The van der Waals surface area contributed by atoms with E-state index in [2.05, 4.69) is 4.98 Å². The highest BCUT2D eigenvalue weighted by Crippen LogP contribution is 2.43. The second-order valence-corrected chi connectivity index (χ2v) is 6.15. The van der Waals surface area contributed by atoms with Gasteiger partial charge in [0.15, 0.2) is 0 Å². The summed E-state index contributed by atoms with van der Waals surface area (Å²) in [5.74, 6) is -1.08. The quantitative estimate of drug-likeness (QED) is 0.471. The molecule has 130 valence electrons. The highest BCUT2D eigenvalue weighted by Gasteiger charge is 2.19. The number of hydrogen-bond donors (Lipinski definition) is 2. The number of nitrogens with two attached hydrogens (primary N) is 2. The van der Waals surface area contributed by atoms with Gasteiger partial charge in [-0.15, -0.1) is 0 Å². The van der Waals surface area contributed by atoms with Gasteiger partial charge in [-0.3, -0.25) is 0 Å². The van der Waals surface area contributed by atoms with Crippen LogP contribution in [-0.2, 0) is 0 Å². The molecular weight excluding hydrogens is 360 g/mol. The summed E-state index contributed by atoms with van der Waals surface area (Å²) >= 11 is 5.90. The highest BCUT2D eigenvalue weighted by molar-refractivity contribution is 6.31. The standard InChI is InChI=1S/C19H12ClF2N3O/c20-13-7-9(1-4-14(13)21)11-2-3-12(10-5-6-25-15(22)8-10)18-16(11)17(23)19(24)26-18/h1-8H,23-24H2. The molecule has 0 aliphatic rings. The molecule has 0 radical (unpaired) electrons. The summed E-state index contributed by atoms with van der Waals surface area (Å²) in [7, 11) is 0. The Hall–Kier alpha value is -3.12. The van der Waals surface area contributed by atoms with Gasteiger partial charge in [-0.25, -0.2) is 9.37 Å². The molecule has 2 aromatic heterocycles. The second kappa shape index (κ2) is 6.00. The van der Waals surface area contributed by atoms with E-state index in [-0.39, 0.29) is 16.6 Å². The fourth-order valence-corrected chi connectivity index (χ4v) is 3.13. The summed E-state index contributed by atoms with van der Waals surface area (Å²) in [6.07, 6.45) is 1.36. The molecule has 0 aliphatic heterocycles. The van der Waals surface area contributed by atoms with Gasteiger partial charge in [0, 0.05) is 17.8 Å². The van der Waals surface area contributed by atoms with E-state index in [0.29, 0.717) is 33.2 Å². The van der Waals surface area contributed by atoms with Crippen molar-refractivity contribution in [1.29, 1.82) is 0 Å². The maximum Gasteiger partial charge on any atom is 0.214 e. The minimum Gasteiger partial charge on any atom is -0.438 e. The van der Waals surface area contributed by atoms with Gasteiger partial charge in [0.2, 0.25) is 11.8 Å². The van der Waals surface area contributed by atoms with Crippen molar-refractivity contribution < 1.29 is 13.2 Å². The van der Waals surface area contributed by atoms with Crippen molar-refractivity contribution in [2.75, 3.05) is 11.5 Å². The Balaban J connectivity index is 2.03. The third-order valence-corrected chi connectivity index (χ3v) is 4.46. The Morgan fingerprint density at radius 3 is 2.38 bits per heavy atom. The smallest absolute Gasteiger partial charge is 0.214 e. The molecule has 4 aromatic rings.